The molecule has 1 atom stereocenters. The van der Waals surface area contributed by atoms with Gasteiger partial charge in [-0.2, -0.15) is 11.8 Å². The van der Waals surface area contributed by atoms with Crippen molar-refractivity contribution in [1.82, 2.24) is 5.32 Å². The highest BCUT2D eigenvalue weighted by Gasteiger charge is 2.09. The molecule has 102 valence electrons. The number of hydrogen-bond donors (Lipinski definition) is 1. The van der Waals surface area contributed by atoms with Crippen LogP contribution in [0.2, 0.25) is 0 Å². The van der Waals surface area contributed by atoms with Crippen LogP contribution in [0.5, 0.6) is 0 Å². The smallest absolute Gasteiger partial charge is 0.118 e. The summed E-state index contributed by atoms with van der Waals surface area (Å²) in [5, 5.41) is 3.56. The van der Waals surface area contributed by atoms with E-state index in [1.54, 1.807) is 11.8 Å². The fourth-order valence-corrected chi connectivity index (χ4v) is 2.58. The minimum Gasteiger partial charge on any atom is -0.464 e. The summed E-state index contributed by atoms with van der Waals surface area (Å²) in [7, 11) is 0. The summed E-state index contributed by atoms with van der Waals surface area (Å²) in [6.07, 6.45) is 3.16. The third-order valence-electron chi connectivity index (χ3n) is 3.14. The molecule has 0 aliphatic heterocycles. The van der Waals surface area contributed by atoms with E-state index >= 15 is 0 Å². The number of rotatable bonds is 7. The predicted octanol–water partition coefficient (Wildman–Crippen LogP) is 4.38. The van der Waals surface area contributed by atoms with Gasteiger partial charge in [0.05, 0.1) is 12.3 Å². The SMILES string of the molecule is CCC(NCc1ccc(CSC)o1)c1ccccc1. The molecule has 0 spiro atoms. The first-order chi connectivity index (χ1) is 9.33. The Morgan fingerprint density at radius 1 is 1.11 bits per heavy atom. The number of furan rings is 1. The lowest BCUT2D eigenvalue weighted by Gasteiger charge is -2.16. The van der Waals surface area contributed by atoms with E-state index in [0.29, 0.717) is 6.04 Å². The second kappa shape index (κ2) is 7.41. The van der Waals surface area contributed by atoms with Crippen LogP contribution in [0.15, 0.2) is 46.9 Å². The van der Waals surface area contributed by atoms with Crippen LogP contribution < -0.4 is 5.32 Å². The van der Waals surface area contributed by atoms with Crippen molar-refractivity contribution in [2.75, 3.05) is 6.26 Å². The van der Waals surface area contributed by atoms with Gasteiger partial charge in [-0.05, 0) is 30.4 Å². The lowest BCUT2D eigenvalue weighted by Crippen LogP contribution is -2.19. The first-order valence-corrected chi connectivity index (χ1v) is 8.07. The number of thioether (sulfide) groups is 1. The van der Waals surface area contributed by atoms with Gasteiger partial charge in [-0.1, -0.05) is 37.3 Å². The number of nitrogens with one attached hydrogen (secondary N) is 1. The molecule has 0 saturated heterocycles. The van der Waals surface area contributed by atoms with Gasteiger partial charge in [-0.15, -0.1) is 0 Å². The molecule has 1 aromatic carbocycles. The first kappa shape index (κ1) is 14.2. The molecule has 1 unspecified atom stereocenters. The highest BCUT2D eigenvalue weighted by molar-refractivity contribution is 7.97. The summed E-state index contributed by atoms with van der Waals surface area (Å²) >= 11 is 1.78. The fraction of sp³-hybridized carbons (Fsp3) is 0.375. The molecule has 0 saturated carbocycles. The normalized spacial score (nSPS) is 12.5. The van der Waals surface area contributed by atoms with Crippen molar-refractivity contribution < 1.29 is 4.42 Å². The molecule has 19 heavy (non-hydrogen) atoms. The Kier molecular flexibility index (Phi) is 5.55. The number of benzene rings is 1. The molecule has 0 amide bonds. The van der Waals surface area contributed by atoms with Gasteiger partial charge < -0.3 is 9.73 Å². The topological polar surface area (TPSA) is 25.2 Å². The zero-order chi connectivity index (χ0) is 13.5. The van der Waals surface area contributed by atoms with Gasteiger partial charge >= 0.3 is 0 Å². The maximum absolute atomic E-state index is 5.77. The summed E-state index contributed by atoms with van der Waals surface area (Å²) in [5.74, 6) is 3.01. The van der Waals surface area contributed by atoms with E-state index < -0.39 is 0 Å². The molecule has 2 aromatic rings. The second-order valence-corrected chi connectivity index (χ2v) is 5.42. The maximum Gasteiger partial charge on any atom is 0.118 e. The van der Waals surface area contributed by atoms with Gasteiger partial charge in [-0.25, -0.2) is 0 Å². The van der Waals surface area contributed by atoms with E-state index in [0.717, 1.165) is 30.2 Å². The lowest BCUT2D eigenvalue weighted by molar-refractivity contribution is 0.429. The Morgan fingerprint density at radius 3 is 2.53 bits per heavy atom. The average molecular weight is 275 g/mol. The van der Waals surface area contributed by atoms with E-state index in [2.05, 4.69) is 61.0 Å². The summed E-state index contributed by atoms with van der Waals surface area (Å²) < 4.78 is 5.77. The van der Waals surface area contributed by atoms with E-state index in [4.69, 9.17) is 4.42 Å². The Bertz CT molecular complexity index is 481. The molecule has 1 aromatic heterocycles. The van der Waals surface area contributed by atoms with Gasteiger partial charge in [0.1, 0.15) is 11.5 Å². The number of hydrogen-bond acceptors (Lipinski definition) is 3. The van der Waals surface area contributed by atoms with E-state index in [1.165, 1.54) is 5.56 Å². The van der Waals surface area contributed by atoms with Crippen LogP contribution in [0.25, 0.3) is 0 Å². The average Bonchev–Trinajstić information content (AvgIpc) is 2.89. The lowest BCUT2D eigenvalue weighted by atomic mass is 10.0. The van der Waals surface area contributed by atoms with Gasteiger partial charge in [0.2, 0.25) is 0 Å². The van der Waals surface area contributed by atoms with Crippen molar-refractivity contribution in [2.45, 2.75) is 31.7 Å². The molecule has 1 heterocycles. The Hall–Kier alpha value is -1.19. The Morgan fingerprint density at radius 2 is 1.84 bits per heavy atom. The highest BCUT2D eigenvalue weighted by atomic mass is 32.2. The molecule has 0 bridgehead atoms. The maximum atomic E-state index is 5.77. The van der Waals surface area contributed by atoms with Crippen LogP contribution >= 0.6 is 11.8 Å². The second-order valence-electron chi connectivity index (χ2n) is 4.55. The Balaban J connectivity index is 1.92. The molecule has 1 N–H and O–H groups in total. The quantitative estimate of drug-likeness (QED) is 0.811. The molecule has 0 fully saturated rings. The fourth-order valence-electron chi connectivity index (χ4n) is 2.14. The third kappa shape index (κ3) is 4.15. The Labute approximate surface area is 119 Å². The van der Waals surface area contributed by atoms with E-state index in [1.807, 2.05) is 0 Å². The van der Waals surface area contributed by atoms with Crippen molar-refractivity contribution in [2.24, 2.45) is 0 Å². The van der Waals surface area contributed by atoms with Gasteiger partial charge in [0.25, 0.3) is 0 Å². The molecule has 0 aliphatic rings. The molecule has 2 nitrogen and oxygen atoms in total. The minimum atomic E-state index is 0.385. The predicted molar refractivity (Wildman–Crippen MR) is 82.2 cm³/mol. The summed E-state index contributed by atoms with van der Waals surface area (Å²) in [6, 6.07) is 15.1. The van der Waals surface area contributed by atoms with Crippen LogP contribution in [-0.2, 0) is 12.3 Å². The molecule has 0 radical (unpaired) electrons. The van der Waals surface area contributed by atoms with Gasteiger partial charge in [0, 0.05) is 6.04 Å². The van der Waals surface area contributed by atoms with Gasteiger partial charge in [-0.3, -0.25) is 0 Å². The molecule has 3 heteroatoms. The molecule has 2 rings (SSSR count). The first-order valence-electron chi connectivity index (χ1n) is 6.68. The van der Waals surface area contributed by atoms with Crippen molar-refractivity contribution >= 4 is 11.8 Å². The largest absolute Gasteiger partial charge is 0.464 e. The summed E-state index contributed by atoms with van der Waals surface area (Å²) in [5.41, 5.74) is 1.33. The van der Waals surface area contributed by atoms with Gasteiger partial charge in [0.15, 0.2) is 0 Å². The van der Waals surface area contributed by atoms with Crippen LogP contribution in [0.3, 0.4) is 0 Å². The summed E-state index contributed by atoms with van der Waals surface area (Å²) in [6.45, 7) is 2.98. The van der Waals surface area contributed by atoms with Crippen LogP contribution in [-0.4, -0.2) is 6.26 Å². The monoisotopic (exact) mass is 275 g/mol. The minimum absolute atomic E-state index is 0.385. The standard InChI is InChI=1S/C16H21NOS/c1-3-16(13-7-5-4-6-8-13)17-11-14-9-10-15(18-14)12-19-2/h4-10,16-17H,3,11-12H2,1-2H3. The zero-order valence-electron chi connectivity index (χ0n) is 11.6. The molecular formula is C16H21NOS. The van der Waals surface area contributed by atoms with Crippen molar-refractivity contribution in [3.8, 4) is 0 Å². The van der Waals surface area contributed by atoms with Crippen LogP contribution in [0.1, 0.15) is 36.5 Å². The molecular weight excluding hydrogens is 254 g/mol. The van der Waals surface area contributed by atoms with E-state index in [-0.39, 0.29) is 0 Å². The van der Waals surface area contributed by atoms with Crippen LogP contribution in [0.4, 0.5) is 0 Å². The third-order valence-corrected chi connectivity index (χ3v) is 3.71. The highest BCUT2D eigenvalue weighted by Crippen LogP contribution is 2.18. The van der Waals surface area contributed by atoms with E-state index in [9.17, 15) is 0 Å². The molecule has 0 aliphatic carbocycles. The summed E-state index contributed by atoms with van der Waals surface area (Å²) in [4.78, 5) is 0. The van der Waals surface area contributed by atoms with Crippen molar-refractivity contribution in [1.29, 1.82) is 0 Å². The van der Waals surface area contributed by atoms with Crippen molar-refractivity contribution in [3.05, 3.63) is 59.5 Å². The zero-order valence-corrected chi connectivity index (χ0v) is 12.4. The van der Waals surface area contributed by atoms with Crippen LogP contribution in [0, 0.1) is 0 Å². The van der Waals surface area contributed by atoms with Crippen molar-refractivity contribution in [3.63, 3.8) is 0 Å².